The van der Waals surface area contributed by atoms with E-state index >= 15 is 0 Å². The lowest BCUT2D eigenvalue weighted by molar-refractivity contribution is 0.818. The van der Waals surface area contributed by atoms with Gasteiger partial charge in [-0.1, -0.05) is 19.6 Å². The number of rotatable bonds is 6. The molecular weight excluding hydrogens is 525 g/mol. The molecule has 14 heteroatoms. The van der Waals surface area contributed by atoms with Gasteiger partial charge in [0.2, 0.25) is 0 Å². The molecule has 0 saturated heterocycles. The maximum atomic E-state index is 5.84. The molecule has 214 valence electrons. The smallest absolute Gasteiger partial charge is 0.0947 e. The molecule has 43 heavy (non-hydrogen) atoms. The molecule has 0 aliphatic carbocycles. The molecule has 0 spiro atoms. The highest BCUT2D eigenvalue weighted by molar-refractivity contribution is 7.76. The van der Waals surface area contributed by atoms with Crippen molar-refractivity contribution >= 4 is 66.5 Å². The number of aryl methyl sites for hydroxylation is 2. The Morgan fingerprint density at radius 1 is 0.767 bits per heavy atom. The first kappa shape index (κ1) is 33.9. The van der Waals surface area contributed by atoms with Crippen LogP contribution in [0.4, 0.5) is 22.7 Å². The van der Waals surface area contributed by atoms with E-state index in [1.54, 1.807) is 0 Å². The molecule has 2 aliphatic rings. The van der Waals surface area contributed by atoms with Gasteiger partial charge in [0, 0.05) is 120 Å². The van der Waals surface area contributed by atoms with Crippen LogP contribution in [0.15, 0.2) is 61.4 Å². The van der Waals surface area contributed by atoms with Crippen molar-refractivity contribution in [2.75, 3.05) is 47.6 Å². The number of anilines is 4. The van der Waals surface area contributed by atoms with Crippen LogP contribution in [0.5, 0.6) is 0 Å². The molecule has 8 nitrogen and oxygen atoms in total. The zero-order valence-electron chi connectivity index (χ0n) is 25.2. The summed E-state index contributed by atoms with van der Waals surface area (Å²) >= 11 is 0. The monoisotopic (exact) mass is 566 g/mol. The molecular formula is C29H40B6N8. The summed E-state index contributed by atoms with van der Waals surface area (Å²) in [6, 6.07) is 12.9. The zero-order valence-corrected chi connectivity index (χ0v) is 25.2. The molecule has 0 saturated carbocycles. The lowest BCUT2D eigenvalue weighted by Crippen LogP contribution is -2.38. The highest BCUT2D eigenvalue weighted by Gasteiger charge is 2.21. The molecule has 0 unspecified atom stereocenters. The maximum Gasteiger partial charge on any atom is 0.0947 e. The summed E-state index contributed by atoms with van der Waals surface area (Å²) in [6.45, 7) is 3.89. The van der Waals surface area contributed by atoms with Crippen molar-refractivity contribution < 1.29 is 0 Å². The first-order valence-electron chi connectivity index (χ1n) is 14.1. The van der Waals surface area contributed by atoms with E-state index < -0.39 is 12.8 Å². The van der Waals surface area contributed by atoms with Crippen LogP contribution in [0.3, 0.4) is 0 Å². The summed E-state index contributed by atoms with van der Waals surface area (Å²) in [7, 11) is 28.0. The van der Waals surface area contributed by atoms with E-state index in [1.165, 1.54) is 28.2 Å². The first-order valence-corrected chi connectivity index (χ1v) is 14.1. The van der Waals surface area contributed by atoms with Crippen molar-refractivity contribution in [3.63, 3.8) is 0 Å². The van der Waals surface area contributed by atoms with Gasteiger partial charge in [-0.25, -0.2) is 9.97 Å². The minimum absolute atomic E-state index is 0. The van der Waals surface area contributed by atoms with Gasteiger partial charge in [-0.15, -0.1) is 0 Å². The number of benzene rings is 2. The molecule has 2 aliphatic heterocycles. The lowest BCUT2D eigenvalue weighted by atomic mass is 8.81. The summed E-state index contributed by atoms with van der Waals surface area (Å²) in [5.74, 6) is 0. The Balaban J connectivity index is 0.000000196. The molecule has 4 aromatic rings. The largest absolute Gasteiger partial charge is 0.399 e. The van der Waals surface area contributed by atoms with Gasteiger partial charge in [0.15, 0.2) is 0 Å². The molecule has 2 N–H and O–H groups in total. The number of aromatic nitrogens is 4. The molecule has 0 amide bonds. The van der Waals surface area contributed by atoms with Gasteiger partial charge < -0.3 is 29.6 Å². The van der Waals surface area contributed by atoms with E-state index in [0.717, 1.165) is 56.1 Å². The zero-order chi connectivity index (χ0) is 30.4. The van der Waals surface area contributed by atoms with Gasteiger partial charge >= 0.3 is 0 Å². The van der Waals surface area contributed by atoms with Crippen molar-refractivity contribution in [1.29, 1.82) is 0 Å². The minimum atomic E-state index is -0.593. The molecule has 8 radical (unpaired) electrons. The number of imidazole rings is 2. The van der Waals surface area contributed by atoms with Crippen molar-refractivity contribution in [2.24, 2.45) is 14.1 Å². The normalized spacial score (nSPS) is 12.7. The van der Waals surface area contributed by atoms with Crippen LogP contribution in [0, 0.1) is 0 Å². The fourth-order valence-electron chi connectivity index (χ4n) is 4.99. The second-order valence-corrected chi connectivity index (χ2v) is 11.2. The Hall–Kier alpha value is -3.55. The predicted molar refractivity (Wildman–Crippen MR) is 189 cm³/mol. The number of hydrogen-bond donors (Lipinski definition) is 1. The second kappa shape index (κ2) is 15.3. The average Bonchev–Trinajstić information content (AvgIpc) is 3.74. The van der Waals surface area contributed by atoms with E-state index in [4.69, 9.17) is 36.7 Å². The van der Waals surface area contributed by atoms with Gasteiger partial charge in [-0.05, 0) is 48.2 Å². The van der Waals surface area contributed by atoms with Crippen LogP contribution in [-0.2, 0) is 40.0 Å². The summed E-state index contributed by atoms with van der Waals surface area (Å²) in [5, 5.41) is 0. The topological polar surface area (TPSA) is 71.4 Å². The number of fused-ring (bicyclic) bond motifs is 2. The van der Waals surface area contributed by atoms with Gasteiger partial charge in [0.05, 0.1) is 37.1 Å². The fourth-order valence-corrected chi connectivity index (χ4v) is 4.99. The summed E-state index contributed by atoms with van der Waals surface area (Å²) < 4.78 is 3.98. The van der Waals surface area contributed by atoms with Crippen LogP contribution >= 0.6 is 0 Å². The molecule has 0 fully saturated rings. The molecule has 0 atom stereocenters. The van der Waals surface area contributed by atoms with Crippen molar-refractivity contribution in [1.82, 2.24) is 19.1 Å². The SMILES string of the molecule is C.CN(C)c1ccc2c(c1)N(Cc1cn(C)cn1)CC2.Cn1cnc(CN2CCc3ccc(N)cc32)c1.[B]B([B])B([B])[B]. The van der Waals surface area contributed by atoms with Crippen LogP contribution in [0.1, 0.15) is 29.9 Å². The molecule has 6 rings (SSSR count). The van der Waals surface area contributed by atoms with Crippen LogP contribution in [0.2, 0.25) is 0 Å². The van der Waals surface area contributed by atoms with Gasteiger partial charge in [-0.2, -0.15) is 0 Å². The Morgan fingerprint density at radius 2 is 1.23 bits per heavy atom. The lowest BCUT2D eigenvalue weighted by Gasteiger charge is -2.20. The van der Waals surface area contributed by atoms with E-state index in [-0.39, 0.29) is 7.43 Å². The first-order chi connectivity index (χ1) is 20.0. The minimum Gasteiger partial charge on any atom is -0.399 e. The van der Waals surface area contributed by atoms with Crippen LogP contribution < -0.4 is 20.4 Å². The quantitative estimate of drug-likeness (QED) is 0.285. The Morgan fingerprint density at radius 3 is 1.65 bits per heavy atom. The van der Waals surface area contributed by atoms with Crippen molar-refractivity contribution in [3.8, 4) is 0 Å². The van der Waals surface area contributed by atoms with Crippen molar-refractivity contribution in [2.45, 2.75) is 33.4 Å². The van der Waals surface area contributed by atoms with Crippen molar-refractivity contribution in [3.05, 3.63) is 84.0 Å². The van der Waals surface area contributed by atoms with Crippen LogP contribution in [0.25, 0.3) is 0 Å². The van der Waals surface area contributed by atoms with E-state index in [2.05, 4.69) is 81.5 Å². The van der Waals surface area contributed by atoms with E-state index in [1.807, 2.05) is 42.0 Å². The number of nitrogen functional groups attached to an aromatic ring is 1. The highest BCUT2D eigenvalue weighted by Crippen LogP contribution is 2.33. The highest BCUT2D eigenvalue weighted by atomic mass is 15.2. The van der Waals surface area contributed by atoms with Gasteiger partial charge in [0.1, 0.15) is 0 Å². The third-order valence-electron chi connectivity index (χ3n) is 7.34. The third-order valence-corrected chi connectivity index (χ3v) is 7.34. The molecule has 2 aromatic heterocycles. The number of nitrogens with two attached hydrogens (primary N) is 1. The Kier molecular flexibility index (Phi) is 12.0. The molecule has 0 bridgehead atoms. The standard InChI is InChI=1S/C15H20N4.C13H16N4.CH4.B6/c1-17(2)14-5-4-12-6-7-19(15(12)8-14)10-13-9-18(3)11-16-13;1-16-7-12(15-9-16)8-17-5-4-10-2-3-11(14)6-13(10)17;;1-5(2)6(3)4/h4-5,8-9,11H,6-7,10H2,1-3H3;2-3,6-7,9H,4-5,8,14H2,1H3;1H4;. The maximum absolute atomic E-state index is 5.84. The van der Waals surface area contributed by atoms with E-state index in [0.29, 0.717) is 0 Å². The Labute approximate surface area is 264 Å². The average molecular weight is 566 g/mol. The van der Waals surface area contributed by atoms with E-state index in [9.17, 15) is 0 Å². The number of nitrogens with zero attached hydrogens (tertiary/aromatic N) is 7. The predicted octanol–water partition coefficient (Wildman–Crippen LogP) is 1.97. The summed E-state index contributed by atoms with van der Waals surface area (Å²) in [5.41, 5.74) is 15.6. The second-order valence-electron chi connectivity index (χ2n) is 11.2. The Bertz CT molecular complexity index is 1450. The fraction of sp³-hybridized carbons (Fsp3) is 0.379. The van der Waals surface area contributed by atoms with Gasteiger partial charge in [-0.3, -0.25) is 0 Å². The summed E-state index contributed by atoms with van der Waals surface area (Å²) in [4.78, 5) is 15.7. The van der Waals surface area contributed by atoms with Gasteiger partial charge in [0.25, 0.3) is 0 Å². The molecule has 4 heterocycles. The third kappa shape index (κ3) is 9.22. The summed E-state index contributed by atoms with van der Waals surface area (Å²) in [6.07, 6.45) is 8.90. The van der Waals surface area contributed by atoms with Crippen LogP contribution in [-0.4, -0.2) is 90.0 Å². The number of hydrogen-bond acceptors (Lipinski definition) is 6. The molecule has 2 aromatic carbocycles.